The lowest BCUT2D eigenvalue weighted by Gasteiger charge is -2.08. The second-order valence-electron chi connectivity index (χ2n) is 6.73. The molecule has 1 amide bonds. The summed E-state index contributed by atoms with van der Waals surface area (Å²) in [6.45, 7) is 0.922. The molecule has 0 bridgehead atoms. The monoisotopic (exact) mass is 404 g/mol. The van der Waals surface area contributed by atoms with Crippen molar-refractivity contribution in [1.82, 2.24) is 4.98 Å². The van der Waals surface area contributed by atoms with Gasteiger partial charge in [0.2, 0.25) is 5.91 Å². The first-order valence-corrected chi connectivity index (χ1v) is 9.68. The fourth-order valence-electron chi connectivity index (χ4n) is 2.82. The summed E-state index contributed by atoms with van der Waals surface area (Å²) in [6, 6.07) is 22.1. The van der Waals surface area contributed by atoms with Crippen LogP contribution in [0, 0.1) is 0 Å². The van der Waals surface area contributed by atoms with Gasteiger partial charge in [0.25, 0.3) is 0 Å². The van der Waals surface area contributed by atoms with Crippen molar-refractivity contribution in [3.05, 3.63) is 84.1 Å². The fourth-order valence-corrected chi connectivity index (χ4v) is 2.82. The quantitative estimate of drug-likeness (QED) is 0.536. The molecule has 0 fully saturated rings. The van der Waals surface area contributed by atoms with E-state index in [2.05, 4.69) is 51.4 Å². The summed E-state index contributed by atoms with van der Waals surface area (Å²) in [5.41, 5.74) is 4.36. The molecular weight excluding hydrogens is 380 g/mol. The maximum atomic E-state index is 11.8. The Hall–Kier alpha value is -3.51. The number of amides is 1. The normalized spacial score (nSPS) is 10.4. The Morgan fingerprint density at radius 3 is 2.17 bits per heavy atom. The lowest BCUT2D eigenvalue weighted by atomic mass is 10.0. The third-order valence-corrected chi connectivity index (χ3v) is 4.47. The van der Waals surface area contributed by atoms with E-state index in [4.69, 9.17) is 4.74 Å². The number of pyridine rings is 1. The third kappa shape index (κ3) is 6.53. The number of nitrogens with one attached hydrogen (secondary N) is 1. The van der Waals surface area contributed by atoms with Gasteiger partial charge in [-0.05, 0) is 28.3 Å². The smallest absolute Gasteiger partial charge is 0.306 e. The summed E-state index contributed by atoms with van der Waals surface area (Å²) >= 11 is 0. The van der Waals surface area contributed by atoms with Crippen molar-refractivity contribution in [3.63, 3.8) is 0 Å². The van der Waals surface area contributed by atoms with Crippen LogP contribution in [-0.4, -0.2) is 24.0 Å². The molecule has 6 heteroatoms. The van der Waals surface area contributed by atoms with Gasteiger partial charge in [-0.25, -0.2) is 4.98 Å². The molecule has 0 spiro atoms. The second-order valence-corrected chi connectivity index (χ2v) is 6.73. The highest BCUT2D eigenvalue weighted by Gasteiger charge is 2.08. The number of anilines is 1. The van der Waals surface area contributed by atoms with E-state index in [1.54, 1.807) is 12.3 Å². The van der Waals surface area contributed by atoms with Crippen molar-refractivity contribution in [2.75, 3.05) is 12.4 Å². The molecule has 0 saturated heterocycles. The van der Waals surface area contributed by atoms with Gasteiger partial charge in [0.05, 0.1) is 26.7 Å². The van der Waals surface area contributed by atoms with Crippen molar-refractivity contribution in [3.8, 4) is 11.1 Å². The van der Waals surface area contributed by atoms with Crippen LogP contribution in [0.2, 0.25) is 0 Å². The Morgan fingerprint density at radius 1 is 0.833 bits per heavy atom. The number of rotatable bonds is 9. The zero-order valence-corrected chi connectivity index (χ0v) is 16.8. The number of nitrogens with zero attached hydrogens (tertiary/aromatic N) is 1. The summed E-state index contributed by atoms with van der Waals surface area (Å²) in [5.74, 6) is -0.263. The number of aromatic nitrogens is 1. The van der Waals surface area contributed by atoms with Crippen molar-refractivity contribution >= 4 is 17.7 Å². The van der Waals surface area contributed by atoms with Gasteiger partial charge in [-0.15, -0.1) is 0 Å². The van der Waals surface area contributed by atoms with Crippen LogP contribution in [0.5, 0.6) is 0 Å². The number of benzene rings is 2. The van der Waals surface area contributed by atoms with Gasteiger partial charge in [0.15, 0.2) is 0 Å². The maximum absolute atomic E-state index is 11.8. The molecule has 0 radical (unpaired) electrons. The largest absolute Gasteiger partial charge is 0.469 e. The molecule has 30 heavy (non-hydrogen) atoms. The SMILES string of the molecule is COC(=O)CCC(=O)Nc1ccc(COCc2ccc(-c3ccccc3)cc2)cn1. The van der Waals surface area contributed by atoms with Crippen molar-refractivity contribution < 1.29 is 19.1 Å². The summed E-state index contributed by atoms with van der Waals surface area (Å²) in [7, 11) is 1.29. The molecule has 1 heterocycles. The van der Waals surface area contributed by atoms with E-state index >= 15 is 0 Å². The molecule has 0 aliphatic rings. The highest BCUT2D eigenvalue weighted by atomic mass is 16.5. The second kappa shape index (κ2) is 10.9. The Balaban J connectivity index is 1.43. The van der Waals surface area contributed by atoms with Crippen LogP contribution in [0.3, 0.4) is 0 Å². The number of methoxy groups -OCH3 is 1. The number of hydrogen-bond acceptors (Lipinski definition) is 5. The number of ether oxygens (including phenoxy) is 2. The van der Waals surface area contributed by atoms with Crippen LogP contribution in [0.1, 0.15) is 24.0 Å². The molecular formula is C24H24N2O4. The maximum Gasteiger partial charge on any atom is 0.306 e. The highest BCUT2D eigenvalue weighted by Crippen LogP contribution is 2.19. The number of carbonyl (C=O) groups is 2. The van der Waals surface area contributed by atoms with E-state index in [1.807, 2.05) is 24.3 Å². The molecule has 1 N–H and O–H groups in total. The molecule has 3 aromatic rings. The molecule has 6 nitrogen and oxygen atoms in total. The minimum atomic E-state index is -0.416. The van der Waals surface area contributed by atoms with Gasteiger partial charge in [-0.2, -0.15) is 0 Å². The highest BCUT2D eigenvalue weighted by molar-refractivity contribution is 5.91. The molecule has 0 aliphatic carbocycles. The van der Waals surface area contributed by atoms with Crippen molar-refractivity contribution in [2.45, 2.75) is 26.1 Å². The van der Waals surface area contributed by atoms with Crippen LogP contribution in [0.15, 0.2) is 72.9 Å². The zero-order chi connectivity index (χ0) is 21.2. The summed E-state index contributed by atoms with van der Waals surface area (Å²) in [4.78, 5) is 27.1. The summed E-state index contributed by atoms with van der Waals surface area (Å²) in [5, 5.41) is 2.65. The fraction of sp³-hybridized carbons (Fsp3) is 0.208. The lowest BCUT2D eigenvalue weighted by molar-refractivity contribution is -0.141. The van der Waals surface area contributed by atoms with Gasteiger partial charge in [0, 0.05) is 12.6 Å². The predicted octanol–water partition coefficient (Wildman–Crippen LogP) is 4.36. The van der Waals surface area contributed by atoms with Gasteiger partial charge in [-0.3, -0.25) is 9.59 Å². The first kappa shape index (κ1) is 21.2. The Labute approximate surface area is 175 Å². The average Bonchev–Trinajstić information content (AvgIpc) is 2.79. The van der Waals surface area contributed by atoms with Crippen molar-refractivity contribution in [1.29, 1.82) is 0 Å². The van der Waals surface area contributed by atoms with E-state index in [-0.39, 0.29) is 18.7 Å². The van der Waals surface area contributed by atoms with Crippen molar-refractivity contribution in [2.24, 2.45) is 0 Å². The van der Waals surface area contributed by atoms with Crippen LogP contribution in [0.4, 0.5) is 5.82 Å². The molecule has 0 unspecified atom stereocenters. The van der Waals surface area contributed by atoms with E-state index in [0.717, 1.165) is 11.1 Å². The Bertz CT molecular complexity index is 955. The molecule has 1 aromatic heterocycles. The van der Waals surface area contributed by atoms with Crippen LogP contribution in [0.25, 0.3) is 11.1 Å². The molecule has 0 saturated carbocycles. The van der Waals surface area contributed by atoms with Gasteiger partial charge in [0.1, 0.15) is 5.82 Å². The summed E-state index contributed by atoms with van der Waals surface area (Å²) < 4.78 is 10.3. The van der Waals surface area contributed by atoms with Gasteiger partial charge >= 0.3 is 5.97 Å². The van der Waals surface area contributed by atoms with Gasteiger partial charge < -0.3 is 14.8 Å². The van der Waals surface area contributed by atoms with E-state index in [1.165, 1.54) is 18.2 Å². The topological polar surface area (TPSA) is 77.5 Å². The third-order valence-electron chi connectivity index (χ3n) is 4.47. The average molecular weight is 404 g/mol. The predicted molar refractivity (Wildman–Crippen MR) is 114 cm³/mol. The molecule has 3 rings (SSSR count). The minimum Gasteiger partial charge on any atom is -0.469 e. The molecule has 154 valence electrons. The van der Waals surface area contributed by atoms with Crippen LogP contribution < -0.4 is 5.32 Å². The lowest BCUT2D eigenvalue weighted by Crippen LogP contribution is -2.14. The zero-order valence-electron chi connectivity index (χ0n) is 16.8. The molecule has 2 aromatic carbocycles. The molecule has 0 atom stereocenters. The van der Waals surface area contributed by atoms with Crippen LogP contribution >= 0.6 is 0 Å². The number of hydrogen-bond donors (Lipinski definition) is 1. The van der Waals surface area contributed by atoms with Gasteiger partial charge in [-0.1, -0.05) is 60.7 Å². The Morgan fingerprint density at radius 2 is 1.50 bits per heavy atom. The number of carbonyl (C=O) groups excluding carboxylic acids is 2. The first-order valence-electron chi connectivity index (χ1n) is 9.68. The summed E-state index contributed by atoms with van der Waals surface area (Å²) in [6.07, 6.45) is 1.76. The minimum absolute atomic E-state index is 0.0422. The van der Waals surface area contributed by atoms with E-state index in [0.29, 0.717) is 19.0 Å². The first-order chi connectivity index (χ1) is 14.6. The molecule has 0 aliphatic heterocycles. The number of esters is 1. The Kier molecular flexibility index (Phi) is 7.69. The standard InChI is InChI=1S/C24H24N2O4/c1-29-24(28)14-13-23(27)26-22-12-9-19(15-25-22)17-30-16-18-7-10-21(11-8-18)20-5-3-2-4-6-20/h2-12,15H,13-14,16-17H2,1H3,(H,25,26,27). The van der Waals surface area contributed by atoms with Crippen LogP contribution in [-0.2, 0) is 32.3 Å². The van der Waals surface area contributed by atoms with E-state index in [9.17, 15) is 9.59 Å². The van der Waals surface area contributed by atoms with E-state index < -0.39 is 5.97 Å².